The van der Waals surface area contributed by atoms with E-state index >= 15 is 0 Å². The van der Waals surface area contributed by atoms with Crippen LogP contribution in [-0.4, -0.2) is 16.9 Å². The molecule has 0 unspecified atom stereocenters. The highest BCUT2D eigenvalue weighted by Crippen LogP contribution is 2.21. The standard InChI is InChI=1S/C16H17FINO/c17-15-9-8-14(12-6-2-3-7-13(12)15)16(20)19-11-5-1-4-10-18/h2-3,6-9H,1,4-5,10-11H2,(H,19,20). The highest BCUT2D eigenvalue weighted by atomic mass is 127. The molecule has 1 N–H and O–H groups in total. The van der Waals surface area contributed by atoms with E-state index in [0.717, 1.165) is 17.3 Å². The van der Waals surface area contributed by atoms with Crippen LogP contribution in [0.2, 0.25) is 0 Å². The number of carbonyl (C=O) groups excluding carboxylic acids is 1. The number of hydrogen-bond acceptors (Lipinski definition) is 1. The molecule has 20 heavy (non-hydrogen) atoms. The molecule has 0 aliphatic rings. The van der Waals surface area contributed by atoms with Crippen LogP contribution in [0.3, 0.4) is 0 Å². The Labute approximate surface area is 131 Å². The molecule has 0 saturated heterocycles. The van der Waals surface area contributed by atoms with E-state index in [0.29, 0.717) is 22.9 Å². The Kier molecular flexibility index (Phi) is 5.76. The Morgan fingerprint density at radius 2 is 1.80 bits per heavy atom. The maximum absolute atomic E-state index is 13.7. The van der Waals surface area contributed by atoms with E-state index in [4.69, 9.17) is 0 Å². The monoisotopic (exact) mass is 385 g/mol. The lowest BCUT2D eigenvalue weighted by Crippen LogP contribution is -2.24. The number of fused-ring (bicyclic) bond motifs is 1. The smallest absolute Gasteiger partial charge is 0.251 e. The second-order valence-electron chi connectivity index (χ2n) is 4.65. The number of halogens is 2. The van der Waals surface area contributed by atoms with Crippen LogP contribution in [0.5, 0.6) is 0 Å². The Bertz CT molecular complexity index is 600. The van der Waals surface area contributed by atoms with Crippen molar-refractivity contribution in [3.63, 3.8) is 0 Å². The molecule has 0 fully saturated rings. The van der Waals surface area contributed by atoms with Crippen molar-refractivity contribution < 1.29 is 9.18 Å². The van der Waals surface area contributed by atoms with Gasteiger partial charge in [0.2, 0.25) is 0 Å². The molecule has 0 aliphatic carbocycles. The average Bonchev–Trinajstić information content (AvgIpc) is 2.47. The normalized spacial score (nSPS) is 10.7. The van der Waals surface area contributed by atoms with Gasteiger partial charge in [0.25, 0.3) is 5.91 Å². The van der Waals surface area contributed by atoms with E-state index in [2.05, 4.69) is 27.9 Å². The highest BCUT2D eigenvalue weighted by molar-refractivity contribution is 14.1. The number of hydrogen-bond donors (Lipinski definition) is 1. The largest absolute Gasteiger partial charge is 0.352 e. The van der Waals surface area contributed by atoms with E-state index in [-0.39, 0.29) is 11.7 Å². The lowest BCUT2D eigenvalue weighted by atomic mass is 10.0. The van der Waals surface area contributed by atoms with E-state index < -0.39 is 0 Å². The quantitative estimate of drug-likeness (QED) is 0.448. The minimum Gasteiger partial charge on any atom is -0.352 e. The number of benzene rings is 2. The minimum absolute atomic E-state index is 0.129. The van der Waals surface area contributed by atoms with Gasteiger partial charge in [0, 0.05) is 17.5 Å². The summed E-state index contributed by atoms with van der Waals surface area (Å²) < 4.78 is 14.8. The maximum Gasteiger partial charge on any atom is 0.251 e. The van der Waals surface area contributed by atoms with Crippen molar-refractivity contribution in [3.05, 3.63) is 47.8 Å². The van der Waals surface area contributed by atoms with Crippen LogP contribution in [0.1, 0.15) is 29.6 Å². The van der Waals surface area contributed by atoms with Crippen molar-refractivity contribution in [2.24, 2.45) is 0 Å². The molecule has 2 aromatic rings. The van der Waals surface area contributed by atoms with Gasteiger partial charge in [0.1, 0.15) is 5.82 Å². The molecule has 0 aliphatic heterocycles. The van der Waals surface area contributed by atoms with Gasteiger partial charge in [-0.3, -0.25) is 4.79 Å². The second kappa shape index (κ2) is 7.57. The summed E-state index contributed by atoms with van der Waals surface area (Å²) in [6, 6.07) is 9.98. The molecule has 2 rings (SSSR count). The van der Waals surface area contributed by atoms with Crippen LogP contribution in [0, 0.1) is 5.82 Å². The van der Waals surface area contributed by atoms with Gasteiger partial charge in [-0.2, -0.15) is 0 Å². The summed E-state index contributed by atoms with van der Waals surface area (Å²) in [4.78, 5) is 12.2. The lowest BCUT2D eigenvalue weighted by Gasteiger charge is -2.08. The van der Waals surface area contributed by atoms with E-state index in [1.54, 1.807) is 24.3 Å². The fraction of sp³-hybridized carbons (Fsp3) is 0.312. The predicted octanol–water partition coefficient (Wildman–Crippen LogP) is 4.31. The van der Waals surface area contributed by atoms with Crippen molar-refractivity contribution in [2.75, 3.05) is 11.0 Å². The molecule has 0 aromatic heterocycles. The number of rotatable bonds is 6. The van der Waals surface area contributed by atoms with Crippen molar-refractivity contribution in [1.82, 2.24) is 5.32 Å². The molecule has 1 amide bonds. The van der Waals surface area contributed by atoms with Gasteiger partial charge in [0.15, 0.2) is 0 Å². The van der Waals surface area contributed by atoms with Gasteiger partial charge in [-0.05, 0) is 34.8 Å². The summed E-state index contributed by atoms with van der Waals surface area (Å²) in [7, 11) is 0. The van der Waals surface area contributed by atoms with Crippen molar-refractivity contribution >= 4 is 39.3 Å². The second-order valence-corrected chi connectivity index (χ2v) is 5.72. The van der Waals surface area contributed by atoms with Crippen LogP contribution < -0.4 is 5.32 Å². The van der Waals surface area contributed by atoms with E-state index in [9.17, 15) is 9.18 Å². The third kappa shape index (κ3) is 3.69. The SMILES string of the molecule is O=C(NCCCCCI)c1ccc(F)c2ccccc12. The topological polar surface area (TPSA) is 29.1 Å². The van der Waals surface area contributed by atoms with Crippen LogP contribution in [0.4, 0.5) is 4.39 Å². The number of unbranched alkanes of at least 4 members (excludes halogenated alkanes) is 2. The Hall–Kier alpha value is -1.17. The molecule has 0 saturated carbocycles. The highest BCUT2D eigenvalue weighted by Gasteiger charge is 2.11. The number of amides is 1. The minimum atomic E-state index is -0.292. The summed E-state index contributed by atoms with van der Waals surface area (Å²) in [5.74, 6) is -0.421. The maximum atomic E-state index is 13.7. The van der Waals surface area contributed by atoms with Crippen LogP contribution in [-0.2, 0) is 0 Å². The summed E-state index contributed by atoms with van der Waals surface area (Å²) in [5.41, 5.74) is 0.538. The Morgan fingerprint density at radius 1 is 1.05 bits per heavy atom. The molecule has 4 heteroatoms. The van der Waals surface area contributed by atoms with Crippen molar-refractivity contribution in [3.8, 4) is 0 Å². The molecular formula is C16H17FINO. The van der Waals surface area contributed by atoms with Gasteiger partial charge in [-0.1, -0.05) is 53.3 Å². The number of carbonyl (C=O) groups is 1. The van der Waals surface area contributed by atoms with Crippen LogP contribution in [0.15, 0.2) is 36.4 Å². The first kappa shape index (κ1) is 15.2. The first-order valence-corrected chi connectivity index (χ1v) is 8.28. The zero-order chi connectivity index (χ0) is 14.4. The molecule has 0 radical (unpaired) electrons. The molecule has 0 bridgehead atoms. The Balaban J connectivity index is 2.09. The van der Waals surface area contributed by atoms with E-state index in [1.807, 2.05) is 6.07 Å². The summed E-state index contributed by atoms with van der Waals surface area (Å²) >= 11 is 2.35. The molecule has 2 nitrogen and oxygen atoms in total. The fourth-order valence-corrected chi connectivity index (χ4v) is 2.69. The van der Waals surface area contributed by atoms with Gasteiger partial charge in [-0.25, -0.2) is 4.39 Å². The number of nitrogens with one attached hydrogen (secondary N) is 1. The first-order chi connectivity index (χ1) is 9.74. The first-order valence-electron chi connectivity index (χ1n) is 6.75. The van der Waals surface area contributed by atoms with Gasteiger partial charge in [0.05, 0.1) is 0 Å². The van der Waals surface area contributed by atoms with Gasteiger partial charge < -0.3 is 5.32 Å². The molecule has 106 valence electrons. The molecule has 0 atom stereocenters. The summed E-state index contributed by atoms with van der Waals surface area (Å²) in [6.45, 7) is 0.668. The molecule has 0 spiro atoms. The molecular weight excluding hydrogens is 368 g/mol. The van der Waals surface area contributed by atoms with Crippen molar-refractivity contribution in [2.45, 2.75) is 19.3 Å². The van der Waals surface area contributed by atoms with E-state index in [1.165, 1.54) is 12.5 Å². The average molecular weight is 385 g/mol. The summed E-state index contributed by atoms with van der Waals surface area (Å²) in [5, 5.41) is 4.06. The Morgan fingerprint density at radius 3 is 2.55 bits per heavy atom. The van der Waals surface area contributed by atoms with Crippen LogP contribution >= 0.6 is 22.6 Å². The molecule has 0 heterocycles. The van der Waals surface area contributed by atoms with Crippen molar-refractivity contribution in [1.29, 1.82) is 0 Å². The zero-order valence-corrected chi connectivity index (χ0v) is 13.3. The molecule has 2 aromatic carbocycles. The fourth-order valence-electron chi connectivity index (χ4n) is 2.15. The zero-order valence-electron chi connectivity index (χ0n) is 11.2. The summed E-state index contributed by atoms with van der Waals surface area (Å²) in [6.07, 6.45) is 3.27. The third-order valence-corrected chi connectivity index (χ3v) is 3.97. The van der Waals surface area contributed by atoms with Gasteiger partial charge >= 0.3 is 0 Å². The van der Waals surface area contributed by atoms with Crippen LogP contribution in [0.25, 0.3) is 10.8 Å². The van der Waals surface area contributed by atoms with Gasteiger partial charge in [-0.15, -0.1) is 0 Å². The number of alkyl halides is 1. The third-order valence-electron chi connectivity index (χ3n) is 3.21. The predicted molar refractivity (Wildman–Crippen MR) is 89.0 cm³/mol. The lowest BCUT2D eigenvalue weighted by molar-refractivity contribution is 0.0954.